The summed E-state index contributed by atoms with van der Waals surface area (Å²) in [6.45, 7) is 9.71. The minimum Gasteiger partial charge on any atom is -0.385 e. The fourth-order valence-corrected chi connectivity index (χ4v) is 4.43. The Balaban J connectivity index is 2.11. The van der Waals surface area contributed by atoms with Gasteiger partial charge in [-0.2, -0.15) is 0 Å². The van der Waals surface area contributed by atoms with Gasteiger partial charge in [-0.15, -0.1) is 0 Å². The lowest BCUT2D eigenvalue weighted by Gasteiger charge is -2.27. The van der Waals surface area contributed by atoms with Crippen molar-refractivity contribution in [3.63, 3.8) is 0 Å². The maximum absolute atomic E-state index is 3.74. The van der Waals surface area contributed by atoms with Crippen molar-refractivity contribution >= 4 is 17.1 Å². The number of unbranched alkanes of at least 4 members (excludes halogenated alkanes) is 3. The molecule has 3 N–H and O–H groups in total. The highest BCUT2D eigenvalue weighted by atomic mass is 14.9. The molecule has 182 valence electrons. The van der Waals surface area contributed by atoms with Crippen LogP contribution in [-0.4, -0.2) is 19.6 Å². The molecule has 0 fully saturated rings. The monoisotopic (exact) mass is 457 g/mol. The molecule has 0 amide bonds. The van der Waals surface area contributed by atoms with E-state index in [0.717, 1.165) is 19.6 Å². The van der Waals surface area contributed by atoms with Gasteiger partial charge in [-0.1, -0.05) is 94.6 Å². The molecule has 0 spiro atoms. The van der Waals surface area contributed by atoms with Crippen molar-refractivity contribution in [3.8, 4) is 0 Å². The van der Waals surface area contributed by atoms with Crippen LogP contribution in [-0.2, 0) is 0 Å². The minimum atomic E-state index is 0.126. The van der Waals surface area contributed by atoms with E-state index in [4.69, 9.17) is 0 Å². The molecule has 0 aliphatic rings. The van der Waals surface area contributed by atoms with Gasteiger partial charge in [0.1, 0.15) is 0 Å². The van der Waals surface area contributed by atoms with Crippen LogP contribution in [0.5, 0.6) is 0 Å². The topological polar surface area (TPSA) is 36.1 Å². The number of anilines is 3. The van der Waals surface area contributed by atoms with Crippen LogP contribution in [0.25, 0.3) is 0 Å². The molecule has 0 atom stereocenters. The zero-order valence-corrected chi connectivity index (χ0v) is 21.4. The lowest BCUT2D eigenvalue weighted by atomic mass is 9.82. The summed E-state index contributed by atoms with van der Waals surface area (Å²) in [7, 11) is 0. The lowest BCUT2D eigenvalue weighted by molar-refractivity contribution is 0.825. The molecular weight excluding hydrogens is 414 g/mol. The van der Waals surface area contributed by atoms with Crippen molar-refractivity contribution in [3.05, 3.63) is 89.5 Å². The largest absolute Gasteiger partial charge is 0.385 e. The van der Waals surface area contributed by atoms with Crippen molar-refractivity contribution in [1.82, 2.24) is 0 Å². The molecule has 0 unspecified atom stereocenters. The van der Waals surface area contributed by atoms with E-state index in [0.29, 0.717) is 0 Å². The number of hydrogen-bond acceptors (Lipinski definition) is 3. The third kappa shape index (κ3) is 7.03. The SMILES string of the molecule is CCCCNc1ccccc1C(c1ccccc1NCCCC)c1ccccc1NCCCC. The lowest BCUT2D eigenvalue weighted by Crippen LogP contribution is -2.14. The summed E-state index contributed by atoms with van der Waals surface area (Å²) < 4.78 is 0. The van der Waals surface area contributed by atoms with E-state index < -0.39 is 0 Å². The van der Waals surface area contributed by atoms with Crippen molar-refractivity contribution in [2.24, 2.45) is 0 Å². The highest BCUT2D eigenvalue weighted by molar-refractivity contribution is 5.68. The Hall–Kier alpha value is -2.94. The van der Waals surface area contributed by atoms with E-state index >= 15 is 0 Å². The predicted molar refractivity (Wildman–Crippen MR) is 150 cm³/mol. The standard InChI is InChI=1S/C31H43N3/c1-4-7-22-32-28-19-13-10-16-25(28)31(26-17-11-14-20-29(26)33-23-8-5-2)27-18-12-15-21-30(27)34-24-9-6-3/h10-21,31-34H,4-9,22-24H2,1-3H3. The first-order chi connectivity index (χ1) is 16.8. The Bertz CT molecular complexity index is 854. The summed E-state index contributed by atoms with van der Waals surface area (Å²) in [6, 6.07) is 26.5. The maximum Gasteiger partial charge on any atom is 0.0401 e. The van der Waals surface area contributed by atoms with Crippen molar-refractivity contribution in [2.75, 3.05) is 35.6 Å². The van der Waals surface area contributed by atoms with Gasteiger partial charge < -0.3 is 16.0 Å². The summed E-state index contributed by atoms with van der Waals surface area (Å²) in [6.07, 6.45) is 7.07. The molecule has 0 heterocycles. The van der Waals surface area contributed by atoms with E-state index in [-0.39, 0.29) is 5.92 Å². The van der Waals surface area contributed by atoms with Crippen molar-refractivity contribution in [1.29, 1.82) is 0 Å². The van der Waals surface area contributed by atoms with Gasteiger partial charge in [0, 0.05) is 42.6 Å². The Morgan fingerprint density at radius 1 is 0.471 bits per heavy atom. The third-order valence-electron chi connectivity index (χ3n) is 6.35. The van der Waals surface area contributed by atoms with Gasteiger partial charge >= 0.3 is 0 Å². The van der Waals surface area contributed by atoms with Gasteiger partial charge in [-0.25, -0.2) is 0 Å². The maximum atomic E-state index is 3.74. The van der Waals surface area contributed by atoms with Crippen LogP contribution in [0.2, 0.25) is 0 Å². The number of nitrogens with one attached hydrogen (secondary N) is 3. The van der Waals surface area contributed by atoms with E-state index in [1.807, 2.05) is 0 Å². The molecule has 34 heavy (non-hydrogen) atoms. The molecule has 3 aromatic carbocycles. The van der Waals surface area contributed by atoms with Gasteiger partial charge in [-0.3, -0.25) is 0 Å². The van der Waals surface area contributed by atoms with Gasteiger partial charge in [0.25, 0.3) is 0 Å². The van der Waals surface area contributed by atoms with Crippen LogP contribution < -0.4 is 16.0 Å². The smallest absolute Gasteiger partial charge is 0.0401 e. The highest BCUT2D eigenvalue weighted by Crippen LogP contribution is 2.42. The summed E-state index contributed by atoms with van der Waals surface area (Å²) >= 11 is 0. The van der Waals surface area contributed by atoms with Gasteiger partial charge in [0.15, 0.2) is 0 Å². The fraction of sp³-hybridized carbons (Fsp3) is 0.419. The van der Waals surface area contributed by atoms with E-state index in [1.54, 1.807) is 0 Å². The summed E-state index contributed by atoms with van der Waals surface area (Å²) in [5.41, 5.74) is 7.67. The molecule has 3 heteroatoms. The first-order valence-electron chi connectivity index (χ1n) is 13.3. The van der Waals surface area contributed by atoms with Crippen LogP contribution in [0.3, 0.4) is 0 Å². The fourth-order valence-electron chi connectivity index (χ4n) is 4.43. The molecule has 0 saturated carbocycles. The Kier molecular flexibility index (Phi) is 10.8. The van der Waals surface area contributed by atoms with E-state index in [2.05, 4.69) is 110 Å². The predicted octanol–water partition coefficient (Wildman–Crippen LogP) is 8.50. The van der Waals surface area contributed by atoms with Crippen LogP contribution in [0.15, 0.2) is 72.8 Å². The Morgan fingerprint density at radius 2 is 0.765 bits per heavy atom. The zero-order valence-electron chi connectivity index (χ0n) is 21.4. The van der Waals surface area contributed by atoms with Gasteiger partial charge in [0.2, 0.25) is 0 Å². The van der Waals surface area contributed by atoms with Crippen molar-refractivity contribution < 1.29 is 0 Å². The number of benzene rings is 3. The number of para-hydroxylation sites is 3. The highest BCUT2D eigenvalue weighted by Gasteiger charge is 2.24. The normalized spacial score (nSPS) is 10.9. The quantitative estimate of drug-likeness (QED) is 0.158. The molecule has 0 radical (unpaired) electrons. The minimum absolute atomic E-state index is 0.126. The molecule has 0 aromatic heterocycles. The molecule has 0 bridgehead atoms. The Morgan fingerprint density at radius 3 is 1.06 bits per heavy atom. The second kappa shape index (κ2) is 14.3. The van der Waals surface area contributed by atoms with Crippen LogP contribution in [0, 0.1) is 0 Å². The van der Waals surface area contributed by atoms with E-state index in [9.17, 15) is 0 Å². The summed E-state index contributed by atoms with van der Waals surface area (Å²) in [5, 5.41) is 11.2. The van der Waals surface area contributed by atoms with Crippen LogP contribution in [0.4, 0.5) is 17.1 Å². The molecule has 3 aromatic rings. The average molecular weight is 458 g/mol. The van der Waals surface area contributed by atoms with Crippen molar-refractivity contribution in [2.45, 2.75) is 65.2 Å². The number of hydrogen-bond donors (Lipinski definition) is 3. The second-order valence-corrected chi connectivity index (χ2v) is 9.04. The molecule has 0 aliphatic heterocycles. The second-order valence-electron chi connectivity index (χ2n) is 9.04. The zero-order chi connectivity index (χ0) is 24.0. The first-order valence-corrected chi connectivity index (χ1v) is 13.3. The van der Waals surface area contributed by atoms with Gasteiger partial charge in [-0.05, 0) is 54.2 Å². The molecule has 0 saturated heterocycles. The summed E-state index contributed by atoms with van der Waals surface area (Å²) in [5.74, 6) is 0.126. The molecule has 3 rings (SSSR count). The van der Waals surface area contributed by atoms with Crippen LogP contribution >= 0.6 is 0 Å². The molecular formula is C31H43N3. The van der Waals surface area contributed by atoms with E-state index in [1.165, 1.54) is 72.3 Å². The first kappa shape index (κ1) is 25.7. The average Bonchev–Trinajstić information content (AvgIpc) is 2.87. The third-order valence-corrected chi connectivity index (χ3v) is 6.35. The Labute approximate surface area is 207 Å². The summed E-state index contributed by atoms with van der Waals surface area (Å²) in [4.78, 5) is 0. The molecule has 0 aliphatic carbocycles. The number of rotatable bonds is 15. The molecule has 3 nitrogen and oxygen atoms in total. The van der Waals surface area contributed by atoms with Gasteiger partial charge in [0.05, 0.1) is 0 Å². The van der Waals surface area contributed by atoms with Crippen LogP contribution in [0.1, 0.15) is 81.9 Å².